The predicted octanol–water partition coefficient (Wildman–Crippen LogP) is 1.15. The Morgan fingerprint density at radius 2 is 1.96 bits per heavy atom. The first-order valence-corrected chi connectivity index (χ1v) is 8.84. The van der Waals surface area contributed by atoms with Crippen molar-refractivity contribution in [2.45, 2.75) is 26.2 Å². The molecule has 1 aromatic carbocycles. The van der Waals surface area contributed by atoms with Crippen molar-refractivity contribution in [2.24, 2.45) is 5.73 Å². The van der Waals surface area contributed by atoms with Gasteiger partial charge in [0.05, 0.1) is 26.3 Å². The molecule has 0 aromatic heterocycles. The summed E-state index contributed by atoms with van der Waals surface area (Å²) in [5.41, 5.74) is 5.16. The smallest absolute Gasteiger partial charge is 0.413 e. The molecule has 2 rings (SSSR count). The maximum absolute atomic E-state index is 12.2. The third kappa shape index (κ3) is 6.61. The van der Waals surface area contributed by atoms with E-state index in [2.05, 4.69) is 0 Å². The molecule has 1 fully saturated rings. The Balaban J connectivity index is 1.83. The van der Waals surface area contributed by atoms with E-state index < -0.39 is 18.4 Å². The van der Waals surface area contributed by atoms with Crippen LogP contribution in [0.25, 0.3) is 0 Å². The third-order valence-corrected chi connectivity index (χ3v) is 3.70. The number of morpholine rings is 1. The maximum Gasteiger partial charge on any atom is 0.413 e. The van der Waals surface area contributed by atoms with E-state index in [-0.39, 0.29) is 19.3 Å². The molecule has 9 heteroatoms. The number of amides is 1. The molecule has 27 heavy (non-hydrogen) atoms. The Morgan fingerprint density at radius 3 is 2.63 bits per heavy atom. The summed E-state index contributed by atoms with van der Waals surface area (Å²) in [6, 6.07) is 7.36. The van der Waals surface area contributed by atoms with Gasteiger partial charge in [-0.05, 0) is 19.1 Å². The van der Waals surface area contributed by atoms with Crippen molar-refractivity contribution >= 4 is 12.1 Å². The first-order valence-electron chi connectivity index (χ1n) is 8.84. The highest BCUT2D eigenvalue weighted by atomic mass is 16.7. The Labute approximate surface area is 158 Å². The van der Waals surface area contributed by atoms with E-state index in [4.69, 9.17) is 29.4 Å². The van der Waals surface area contributed by atoms with Crippen LogP contribution in [0, 0.1) is 0 Å². The molecule has 1 aromatic rings. The fraction of sp³-hybridized carbons (Fsp3) is 0.556. The van der Waals surface area contributed by atoms with E-state index in [1.165, 1.54) is 11.8 Å². The molecule has 1 saturated heterocycles. The van der Waals surface area contributed by atoms with Crippen LogP contribution in [0.3, 0.4) is 0 Å². The molecule has 1 heterocycles. The van der Waals surface area contributed by atoms with Gasteiger partial charge in [-0.15, -0.1) is 0 Å². The zero-order valence-electron chi connectivity index (χ0n) is 15.6. The quantitative estimate of drug-likeness (QED) is 0.527. The van der Waals surface area contributed by atoms with Gasteiger partial charge in [-0.25, -0.2) is 4.79 Å². The van der Waals surface area contributed by atoms with E-state index in [9.17, 15) is 9.59 Å². The second-order valence-corrected chi connectivity index (χ2v) is 5.77. The Morgan fingerprint density at radius 1 is 1.26 bits per heavy atom. The molecule has 0 spiro atoms. The summed E-state index contributed by atoms with van der Waals surface area (Å²) >= 11 is 0. The molecule has 1 unspecified atom stereocenters. The zero-order chi connectivity index (χ0) is 19.6. The molecule has 0 radical (unpaired) electrons. The van der Waals surface area contributed by atoms with Crippen LogP contribution >= 0.6 is 0 Å². The summed E-state index contributed by atoms with van der Waals surface area (Å²) in [6.07, 6.45) is -1.91. The maximum atomic E-state index is 12.2. The van der Waals surface area contributed by atoms with Crippen molar-refractivity contribution in [3.8, 4) is 11.5 Å². The summed E-state index contributed by atoms with van der Waals surface area (Å²) in [7, 11) is 0. The highest BCUT2D eigenvalue weighted by molar-refractivity contribution is 5.72. The number of para-hydroxylation sites is 2. The summed E-state index contributed by atoms with van der Waals surface area (Å²) in [6.45, 7) is 4.90. The lowest BCUT2D eigenvalue weighted by Gasteiger charge is -2.32. The predicted molar refractivity (Wildman–Crippen MR) is 95.5 cm³/mol. The number of benzene rings is 1. The van der Waals surface area contributed by atoms with Gasteiger partial charge < -0.3 is 34.3 Å². The highest BCUT2D eigenvalue weighted by Crippen LogP contribution is 2.26. The number of nitrogens with zero attached hydrogens (tertiary/aromatic N) is 1. The molecule has 2 atom stereocenters. The number of esters is 1. The molecule has 1 amide bonds. The SMILES string of the molecule is CCOc1ccccc1OC[C@@H]1CN(C(=O)OC(C)OC(=O)CN)CCO1. The fourth-order valence-electron chi connectivity index (χ4n) is 2.49. The van der Waals surface area contributed by atoms with Crippen LogP contribution in [-0.4, -0.2) is 68.8 Å². The van der Waals surface area contributed by atoms with Gasteiger partial charge in [0.1, 0.15) is 12.7 Å². The van der Waals surface area contributed by atoms with Gasteiger partial charge in [0.15, 0.2) is 11.5 Å². The molecule has 150 valence electrons. The molecule has 1 aliphatic rings. The number of hydrogen-bond acceptors (Lipinski definition) is 8. The second kappa shape index (κ2) is 10.6. The van der Waals surface area contributed by atoms with Crippen molar-refractivity contribution in [2.75, 3.05) is 39.5 Å². The number of carbonyl (C=O) groups is 2. The first-order chi connectivity index (χ1) is 13.0. The van der Waals surface area contributed by atoms with E-state index in [1.807, 2.05) is 31.2 Å². The summed E-state index contributed by atoms with van der Waals surface area (Å²) in [5.74, 6) is 0.629. The van der Waals surface area contributed by atoms with Crippen LogP contribution in [0.4, 0.5) is 4.79 Å². The van der Waals surface area contributed by atoms with E-state index in [0.717, 1.165) is 0 Å². The van der Waals surface area contributed by atoms with Crippen LogP contribution in [0.2, 0.25) is 0 Å². The van der Waals surface area contributed by atoms with Crippen molar-refractivity contribution in [3.63, 3.8) is 0 Å². The van der Waals surface area contributed by atoms with Crippen LogP contribution in [0.15, 0.2) is 24.3 Å². The van der Waals surface area contributed by atoms with Crippen molar-refractivity contribution in [1.29, 1.82) is 0 Å². The van der Waals surface area contributed by atoms with Gasteiger partial charge in [0.25, 0.3) is 0 Å². The molecular formula is C18H26N2O7. The minimum atomic E-state index is -1.01. The first kappa shape index (κ1) is 20.8. The number of nitrogens with two attached hydrogens (primary N) is 1. The minimum absolute atomic E-state index is 0.256. The average Bonchev–Trinajstić information content (AvgIpc) is 2.67. The number of ether oxygens (including phenoxy) is 5. The molecule has 9 nitrogen and oxygen atoms in total. The topological polar surface area (TPSA) is 110 Å². The number of rotatable bonds is 8. The lowest BCUT2D eigenvalue weighted by Crippen LogP contribution is -2.48. The summed E-state index contributed by atoms with van der Waals surface area (Å²) < 4.78 is 26.9. The normalized spacial score (nSPS) is 17.7. The minimum Gasteiger partial charge on any atom is -0.490 e. The lowest BCUT2D eigenvalue weighted by atomic mass is 10.3. The molecule has 0 bridgehead atoms. The van der Waals surface area contributed by atoms with E-state index in [0.29, 0.717) is 37.8 Å². The molecule has 0 aliphatic carbocycles. The second-order valence-electron chi connectivity index (χ2n) is 5.77. The monoisotopic (exact) mass is 382 g/mol. The third-order valence-electron chi connectivity index (χ3n) is 3.70. The lowest BCUT2D eigenvalue weighted by molar-refractivity contribution is -0.165. The van der Waals surface area contributed by atoms with Gasteiger partial charge in [0, 0.05) is 13.5 Å². The molecule has 2 N–H and O–H groups in total. The van der Waals surface area contributed by atoms with Gasteiger partial charge in [-0.2, -0.15) is 0 Å². The fourth-order valence-corrected chi connectivity index (χ4v) is 2.49. The zero-order valence-corrected chi connectivity index (χ0v) is 15.6. The summed E-state index contributed by atoms with van der Waals surface area (Å²) in [4.78, 5) is 24.8. The van der Waals surface area contributed by atoms with E-state index >= 15 is 0 Å². The van der Waals surface area contributed by atoms with E-state index in [1.54, 1.807) is 0 Å². The average molecular weight is 382 g/mol. The van der Waals surface area contributed by atoms with Crippen LogP contribution in [-0.2, 0) is 19.0 Å². The van der Waals surface area contributed by atoms with Crippen LogP contribution < -0.4 is 15.2 Å². The molecule has 0 saturated carbocycles. The summed E-state index contributed by atoms with van der Waals surface area (Å²) in [5, 5.41) is 0. The Hall–Kier alpha value is -2.52. The van der Waals surface area contributed by atoms with Crippen molar-refractivity contribution in [1.82, 2.24) is 4.90 Å². The number of carbonyl (C=O) groups excluding carboxylic acids is 2. The number of hydrogen-bond donors (Lipinski definition) is 1. The van der Waals surface area contributed by atoms with Gasteiger partial charge in [-0.1, -0.05) is 12.1 Å². The molecular weight excluding hydrogens is 356 g/mol. The standard InChI is InChI=1S/C18H26N2O7/c1-3-23-15-6-4-5-7-16(15)25-12-14-11-20(8-9-24-14)18(22)27-13(2)26-17(21)10-19/h4-7,13-14H,3,8-12,19H2,1-2H3/t13?,14-/m0/s1. The van der Waals surface area contributed by atoms with Crippen molar-refractivity contribution in [3.05, 3.63) is 24.3 Å². The van der Waals surface area contributed by atoms with Gasteiger partial charge in [0.2, 0.25) is 6.29 Å². The highest BCUT2D eigenvalue weighted by Gasteiger charge is 2.27. The Bertz CT molecular complexity index is 625. The van der Waals surface area contributed by atoms with Gasteiger partial charge >= 0.3 is 12.1 Å². The van der Waals surface area contributed by atoms with Crippen LogP contribution in [0.1, 0.15) is 13.8 Å². The van der Waals surface area contributed by atoms with Crippen LogP contribution in [0.5, 0.6) is 11.5 Å². The largest absolute Gasteiger partial charge is 0.490 e. The van der Waals surface area contributed by atoms with Crippen molar-refractivity contribution < 1.29 is 33.3 Å². The van der Waals surface area contributed by atoms with Gasteiger partial charge in [-0.3, -0.25) is 4.79 Å². The Kier molecular flexibility index (Phi) is 8.15. The molecule has 1 aliphatic heterocycles.